The van der Waals surface area contributed by atoms with Crippen LogP contribution in [0.1, 0.15) is 22.6 Å². The molecule has 1 aliphatic heterocycles. The summed E-state index contributed by atoms with van der Waals surface area (Å²) < 4.78 is 12.6. The largest absolute Gasteiger partial charge is 0.493 e. The van der Waals surface area contributed by atoms with Crippen molar-refractivity contribution in [1.29, 1.82) is 0 Å². The van der Waals surface area contributed by atoms with Crippen molar-refractivity contribution in [3.63, 3.8) is 0 Å². The van der Waals surface area contributed by atoms with Crippen molar-refractivity contribution >= 4 is 6.03 Å². The molecule has 0 fully saturated rings. The van der Waals surface area contributed by atoms with Gasteiger partial charge in [0, 0.05) is 31.4 Å². The molecule has 28 heavy (non-hydrogen) atoms. The zero-order valence-electron chi connectivity index (χ0n) is 16.0. The van der Waals surface area contributed by atoms with E-state index < -0.39 is 0 Å². The van der Waals surface area contributed by atoms with E-state index in [1.165, 1.54) is 21.3 Å². The number of aromatic nitrogens is 2. The number of methoxy groups -OCH3 is 2. The van der Waals surface area contributed by atoms with E-state index in [4.69, 9.17) is 9.47 Å². The Bertz CT molecular complexity index is 955. The first kappa shape index (κ1) is 18.1. The summed E-state index contributed by atoms with van der Waals surface area (Å²) in [4.78, 5) is 18.9. The maximum absolute atomic E-state index is 13.0. The summed E-state index contributed by atoms with van der Waals surface area (Å²) in [6.07, 6.45) is 5.60. The molecule has 0 spiro atoms. The van der Waals surface area contributed by atoms with Crippen molar-refractivity contribution in [3.8, 4) is 11.5 Å². The standard InChI is InChI=1S/C22H23N3O3/c1-27-20-12-17-8-10-24(22(26)25-11-9-23-15-25)14-19(16-6-4-3-5-7-16)18(17)13-21(20)28-2/h3-7,9,11-13,15,19H,8,10,14H2,1-2H3/t19-/m1/s1. The van der Waals surface area contributed by atoms with E-state index in [1.54, 1.807) is 32.9 Å². The molecule has 4 rings (SSSR count). The van der Waals surface area contributed by atoms with Gasteiger partial charge in [-0.15, -0.1) is 0 Å². The van der Waals surface area contributed by atoms with Gasteiger partial charge in [0.05, 0.1) is 14.2 Å². The molecule has 0 saturated heterocycles. The van der Waals surface area contributed by atoms with Gasteiger partial charge < -0.3 is 14.4 Å². The minimum Gasteiger partial charge on any atom is -0.493 e. The molecule has 0 radical (unpaired) electrons. The second-order valence-electron chi connectivity index (χ2n) is 6.82. The number of rotatable bonds is 3. The summed E-state index contributed by atoms with van der Waals surface area (Å²) >= 11 is 0. The van der Waals surface area contributed by atoms with E-state index in [0.717, 1.165) is 6.42 Å². The number of benzene rings is 2. The summed E-state index contributed by atoms with van der Waals surface area (Å²) in [5.74, 6) is 1.46. The summed E-state index contributed by atoms with van der Waals surface area (Å²) in [5.41, 5.74) is 3.51. The first-order valence-electron chi connectivity index (χ1n) is 9.28. The molecule has 2 heterocycles. The highest BCUT2D eigenvalue weighted by atomic mass is 16.5. The van der Waals surface area contributed by atoms with Crippen LogP contribution in [-0.2, 0) is 6.42 Å². The van der Waals surface area contributed by atoms with Crippen molar-refractivity contribution < 1.29 is 14.3 Å². The van der Waals surface area contributed by atoms with Gasteiger partial charge in [0.25, 0.3) is 0 Å². The summed E-state index contributed by atoms with van der Waals surface area (Å²) in [6.45, 7) is 1.21. The predicted molar refractivity (Wildman–Crippen MR) is 106 cm³/mol. The summed E-state index contributed by atoms with van der Waals surface area (Å²) in [5, 5.41) is 0. The van der Waals surface area contributed by atoms with Crippen LogP contribution in [0.5, 0.6) is 11.5 Å². The quantitative estimate of drug-likeness (QED) is 0.700. The van der Waals surface area contributed by atoms with Gasteiger partial charge in [0.1, 0.15) is 6.33 Å². The molecule has 6 nitrogen and oxygen atoms in total. The lowest BCUT2D eigenvalue weighted by Crippen LogP contribution is -2.37. The van der Waals surface area contributed by atoms with Crippen LogP contribution in [0.4, 0.5) is 4.79 Å². The fraction of sp³-hybridized carbons (Fsp3) is 0.273. The molecule has 3 aromatic rings. The zero-order valence-corrected chi connectivity index (χ0v) is 16.0. The molecule has 0 saturated carbocycles. The molecule has 0 bridgehead atoms. The van der Waals surface area contributed by atoms with Gasteiger partial charge in [-0.05, 0) is 35.2 Å². The number of carbonyl (C=O) groups is 1. The Morgan fingerprint density at radius 3 is 2.54 bits per heavy atom. The minimum absolute atomic E-state index is 0.0472. The van der Waals surface area contributed by atoms with E-state index in [2.05, 4.69) is 23.2 Å². The van der Waals surface area contributed by atoms with Crippen LogP contribution < -0.4 is 9.47 Å². The van der Waals surface area contributed by atoms with Gasteiger partial charge in [-0.3, -0.25) is 4.57 Å². The fourth-order valence-electron chi connectivity index (χ4n) is 3.82. The highest BCUT2D eigenvalue weighted by molar-refractivity contribution is 5.77. The number of imidazole rings is 1. The molecule has 144 valence electrons. The number of fused-ring (bicyclic) bond motifs is 1. The van der Waals surface area contributed by atoms with E-state index >= 15 is 0 Å². The second kappa shape index (κ2) is 7.76. The molecule has 0 N–H and O–H groups in total. The van der Waals surface area contributed by atoms with Gasteiger partial charge in [-0.2, -0.15) is 0 Å². The number of ether oxygens (including phenoxy) is 2. The van der Waals surface area contributed by atoms with E-state index in [1.807, 2.05) is 29.2 Å². The number of hydrogen-bond donors (Lipinski definition) is 0. The first-order chi connectivity index (χ1) is 13.7. The van der Waals surface area contributed by atoms with Crippen LogP contribution in [-0.4, -0.2) is 47.8 Å². The van der Waals surface area contributed by atoms with Crippen LogP contribution in [0.2, 0.25) is 0 Å². The van der Waals surface area contributed by atoms with Crippen molar-refractivity contribution in [3.05, 3.63) is 77.9 Å². The molecule has 1 amide bonds. The first-order valence-corrected chi connectivity index (χ1v) is 9.28. The lowest BCUT2D eigenvalue weighted by atomic mass is 9.87. The average Bonchev–Trinajstić information content (AvgIpc) is 3.22. The van der Waals surface area contributed by atoms with Crippen LogP contribution in [0.15, 0.2) is 61.2 Å². The topological polar surface area (TPSA) is 56.6 Å². The fourth-order valence-corrected chi connectivity index (χ4v) is 3.82. The lowest BCUT2D eigenvalue weighted by molar-refractivity contribution is 0.200. The molecule has 1 aliphatic rings. The minimum atomic E-state index is -0.0647. The van der Waals surface area contributed by atoms with Gasteiger partial charge >= 0.3 is 6.03 Å². The van der Waals surface area contributed by atoms with Crippen molar-refractivity contribution in [1.82, 2.24) is 14.5 Å². The molecular weight excluding hydrogens is 354 g/mol. The third kappa shape index (κ3) is 3.33. The smallest absolute Gasteiger partial charge is 0.329 e. The molecule has 2 aromatic carbocycles. The Kier molecular flexibility index (Phi) is 5.02. The number of amides is 1. The Labute approximate surface area is 164 Å². The van der Waals surface area contributed by atoms with Crippen LogP contribution in [0, 0.1) is 0 Å². The lowest BCUT2D eigenvalue weighted by Gasteiger charge is -2.25. The predicted octanol–water partition coefficient (Wildman–Crippen LogP) is 3.56. The normalized spacial score (nSPS) is 16.2. The Balaban J connectivity index is 1.78. The third-order valence-electron chi connectivity index (χ3n) is 5.27. The Hall–Kier alpha value is -3.28. The number of hydrogen-bond acceptors (Lipinski definition) is 4. The third-order valence-corrected chi connectivity index (χ3v) is 5.27. The molecule has 1 atom stereocenters. The molecule has 0 unspecified atom stereocenters. The number of nitrogens with zero attached hydrogens (tertiary/aromatic N) is 3. The Morgan fingerprint density at radius 1 is 1.11 bits per heavy atom. The SMILES string of the molecule is COc1cc2c(cc1OC)[C@@H](c1ccccc1)CN(C(=O)n1ccnc1)CC2. The molecule has 0 aliphatic carbocycles. The Morgan fingerprint density at radius 2 is 1.86 bits per heavy atom. The van der Waals surface area contributed by atoms with Crippen LogP contribution >= 0.6 is 0 Å². The average molecular weight is 377 g/mol. The van der Waals surface area contributed by atoms with Crippen molar-refractivity contribution in [2.45, 2.75) is 12.3 Å². The van der Waals surface area contributed by atoms with E-state index in [-0.39, 0.29) is 11.9 Å². The highest BCUT2D eigenvalue weighted by Crippen LogP contribution is 2.38. The van der Waals surface area contributed by atoms with Crippen LogP contribution in [0.3, 0.4) is 0 Å². The van der Waals surface area contributed by atoms with Crippen LogP contribution in [0.25, 0.3) is 0 Å². The highest BCUT2D eigenvalue weighted by Gasteiger charge is 2.29. The summed E-state index contributed by atoms with van der Waals surface area (Å²) in [7, 11) is 3.29. The maximum Gasteiger partial charge on any atom is 0.329 e. The molecule has 6 heteroatoms. The zero-order chi connectivity index (χ0) is 19.5. The van der Waals surface area contributed by atoms with Crippen molar-refractivity contribution in [2.24, 2.45) is 0 Å². The van der Waals surface area contributed by atoms with Gasteiger partial charge in [0.2, 0.25) is 0 Å². The summed E-state index contributed by atoms with van der Waals surface area (Å²) in [6, 6.07) is 14.3. The molecular formula is C22H23N3O3. The van der Waals surface area contributed by atoms with E-state index in [0.29, 0.717) is 24.6 Å². The van der Waals surface area contributed by atoms with Crippen molar-refractivity contribution in [2.75, 3.05) is 27.3 Å². The number of carbonyl (C=O) groups excluding carboxylic acids is 1. The van der Waals surface area contributed by atoms with Gasteiger partial charge in [0.15, 0.2) is 11.5 Å². The monoisotopic (exact) mass is 377 g/mol. The second-order valence-corrected chi connectivity index (χ2v) is 6.82. The maximum atomic E-state index is 13.0. The van der Waals surface area contributed by atoms with Gasteiger partial charge in [-0.25, -0.2) is 9.78 Å². The van der Waals surface area contributed by atoms with Gasteiger partial charge in [-0.1, -0.05) is 30.3 Å². The molecule has 1 aromatic heterocycles. The van der Waals surface area contributed by atoms with E-state index in [9.17, 15) is 4.79 Å².